The van der Waals surface area contributed by atoms with Gasteiger partial charge in [-0.1, -0.05) is 18.2 Å². The number of halogens is 1. The summed E-state index contributed by atoms with van der Waals surface area (Å²) >= 11 is 0. The number of aryl methyl sites for hydroxylation is 1. The Morgan fingerprint density at radius 1 is 1.02 bits per heavy atom. The molecule has 3 aromatic carbocycles. The topological polar surface area (TPSA) is 97.8 Å². The molecule has 212 valence electrons. The molecule has 0 bridgehead atoms. The molecule has 2 N–H and O–H groups in total. The maximum Gasteiger partial charge on any atom is 0.284 e. The molecule has 1 aliphatic heterocycles. The molecular weight excluding hydrogens is 525 g/mol. The van der Waals surface area contributed by atoms with E-state index in [9.17, 15) is 9.18 Å². The predicted molar refractivity (Wildman–Crippen MR) is 157 cm³/mol. The van der Waals surface area contributed by atoms with E-state index in [0.29, 0.717) is 51.1 Å². The lowest BCUT2D eigenvalue weighted by atomic mass is 10.1. The van der Waals surface area contributed by atoms with E-state index in [1.807, 2.05) is 55.3 Å². The van der Waals surface area contributed by atoms with Gasteiger partial charge in [0.15, 0.2) is 5.83 Å². The lowest BCUT2D eigenvalue weighted by Gasteiger charge is -2.17. The van der Waals surface area contributed by atoms with Gasteiger partial charge < -0.3 is 24.8 Å². The first-order valence-corrected chi connectivity index (χ1v) is 13.3. The van der Waals surface area contributed by atoms with E-state index in [0.717, 1.165) is 24.9 Å². The predicted octanol–water partition coefficient (Wildman–Crippen LogP) is 6.38. The Bertz CT molecular complexity index is 1590. The number of nitrogens with zero attached hydrogens (tertiary/aromatic N) is 3. The minimum absolute atomic E-state index is 0.105. The molecular formula is C31H32FN5O4. The van der Waals surface area contributed by atoms with Gasteiger partial charge in [-0.3, -0.25) is 9.69 Å². The van der Waals surface area contributed by atoms with E-state index in [4.69, 9.17) is 14.2 Å². The molecule has 0 radical (unpaired) electrons. The molecule has 9 nitrogen and oxygen atoms in total. The van der Waals surface area contributed by atoms with Crippen LogP contribution in [0.1, 0.15) is 18.4 Å². The first kappa shape index (κ1) is 27.9. The summed E-state index contributed by atoms with van der Waals surface area (Å²) in [6, 6.07) is 16.4. The van der Waals surface area contributed by atoms with E-state index >= 15 is 0 Å². The van der Waals surface area contributed by atoms with Crippen LogP contribution in [0.3, 0.4) is 0 Å². The van der Waals surface area contributed by atoms with E-state index in [1.165, 1.54) is 19.5 Å². The number of carbonyl (C=O) groups is 1. The maximum atomic E-state index is 14.8. The number of anilines is 3. The summed E-state index contributed by atoms with van der Waals surface area (Å²) in [5.41, 5.74) is 2.39. The van der Waals surface area contributed by atoms with Crippen molar-refractivity contribution in [1.29, 1.82) is 0 Å². The molecule has 0 spiro atoms. The van der Waals surface area contributed by atoms with Gasteiger partial charge in [0.2, 0.25) is 0 Å². The van der Waals surface area contributed by atoms with Crippen molar-refractivity contribution in [3.8, 4) is 23.0 Å². The summed E-state index contributed by atoms with van der Waals surface area (Å²) in [5, 5.41) is 6.55. The van der Waals surface area contributed by atoms with Gasteiger partial charge in [0.1, 0.15) is 35.1 Å². The Morgan fingerprint density at radius 2 is 1.78 bits per heavy atom. The smallest absolute Gasteiger partial charge is 0.284 e. The van der Waals surface area contributed by atoms with Gasteiger partial charge in [-0.25, -0.2) is 14.4 Å². The van der Waals surface area contributed by atoms with Crippen molar-refractivity contribution in [2.75, 3.05) is 38.4 Å². The molecule has 10 heteroatoms. The second-order valence-electron chi connectivity index (χ2n) is 9.81. The normalized spacial score (nSPS) is 15.5. The highest BCUT2D eigenvalue weighted by Crippen LogP contribution is 2.38. The lowest BCUT2D eigenvalue weighted by molar-refractivity contribution is -0.114. The Hall–Kier alpha value is -4.70. The number of rotatable bonds is 9. The number of hydrogen-bond acceptors (Lipinski definition) is 8. The SMILES string of the molecule is COc1cc2ncnc(Nc3cc(C)c(Oc4ccccc4)cc3OC)c2cc1NC(=O)/C(F)=C\[C@H]1CCCN1C. The number of ether oxygens (including phenoxy) is 3. The third kappa shape index (κ3) is 6.22. The van der Waals surface area contributed by atoms with Crippen LogP contribution in [0.25, 0.3) is 10.9 Å². The monoisotopic (exact) mass is 557 g/mol. The standard InChI is InChI=1S/C31H32FN5O4/c1-19-13-25(29(40-4)17-27(19)41-21-10-6-5-7-11-21)35-30-22-15-26(28(39-3)16-24(22)33-18-34-30)36-31(38)23(32)14-20-9-8-12-37(20)2/h5-7,10-11,13-18,20H,8-9,12H2,1-4H3,(H,36,38)(H,33,34,35)/b23-14+/t20-/m1/s1. The summed E-state index contributed by atoms with van der Waals surface area (Å²) in [4.78, 5) is 23.6. The fourth-order valence-electron chi connectivity index (χ4n) is 4.81. The van der Waals surface area contributed by atoms with Gasteiger partial charge >= 0.3 is 0 Å². The van der Waals surface area contributed by atoms with Crippen LogP contribution in [-0.2, 0) is 4.79 Å². The minimum atomic E-state index is -0.847. The van der Waals surface area contributed by atoms with E-state index in [2.05, 4.69) is 20.6 Å². The van der Waals surface area contributed by atoms with Crippen molar-refractivity contribution in [1.82, 2.24) is 14.9 Å². The minimum Gasteiger partial charge on any atom is -0.494 e. The van der Waals surface area contributed by atoms with Crippen LogP contribution in [0.2, 0.25) is 0 Å². The van der Waals surface area contributed by atoms with Crippen molar-refractivity contribution < 1.29 is 23.4 Å². The molecule has 1 atom stereocenters. The molecule has 0 unspecified atom stereocenters. The fraction of sp³-hybridized carbons (Fsp3) is 0.258. The van der Waals surface area contributed by atoms with Gasteiger partial charge in [0.25, 0.3) is 5.91 Å². The molecule has 0 aliphatic carbocycles. The maximum absolute atomic E-state index is 14.8. The van der Waals surface area contributed by atoms with Gasteiger partial charge in [0.05, 0.1) is 31.1 Å². The zero-order chi connectivity index (χ0) is 28.9. The van der Waals surface area contributed by atoms with Crippen LogP contribution in [0.4, 0.5) is 21.6 Å². The number of aromatic nitrogens is 2. The number of carbonyl (C=O) groups excluding carboxylic acids is 1. The summed E-state index contributed by atoms with van der Waals surface area (Å²) in [6.07, 6.45) is 4.57. The van der Waals surface area contributed by atoms with Gasteiger partial charge in [-0.15, -0.1) is 0 Å². The van der Waals surface area contributed by atoms with Gasteiger partial charge in [0, 0.05) is 23.6 Å². The van der Waals surface area contributed by atoms with Crippen molar-refractivity contribution in [3.05, 3.63) is 78.4 Å². The number of hydrogen-bond donors (Lipinski definition) is 2. The summed E-state index contributed by atoms with van der Waals surface area (Å²) in [7, 11) is 4.97. The Labute approximate surface area is 238 Å². The molecule has 1 aliphatic rings. The Balaban J connectivity index is 1.45. The van der Waals surface area contributed by atoms with Crippen LogP contribution >= 0.6 is 0 Å². The van der Waals surface area contributed by atoms with Gasteiger partial charge in [-0.05, 0) is 69.3 Å². The number of fused-ring (bicyclic) bond motifs is 1. The molecule has 1 fully saturated rings. The number of methoxy groups -OCH3 is 2. The molecule has 5 rings (SSSR count). The van der Waals surface area contributed by atoms with Crippen LogP contribution in [0.5, 0.6) is 23.0 Å². The van der Waals surface area contributed by atoms with Crippen LogP contribution in [-0.4, -0.2) is 54.6 Å². The first-order valence-electron chi connectivity index (χ1n) is 13.3. The van der Waals surface area contributed by atoms with Crippen LogP contribution in [0, 0.1) is 6.92 Å². The second kappa shape index (κ2) is 12.2. The molecule has 41 heavy (non-hydrogen) atoms. The van der Waals surface area contributed by atoms with Gasteiger partial charge in [-0.2, -0.15) is 0 Å². The highest BCUT2D eigenvalue weighted by molar-refractivity contribution is 6.05. The molecule has 0 saturated carbocycles. The number of likely N-dealkylation sites (tertiary alicyclic amines) is 1. The lowest BCUT2D eigenvalue weighted by Crippen LogP contribution is -2.24. The fourth-order valence-corrected chi connectivity index (χ4v) is 4.81. The third-order valence-electron chi connectivity index (χ3n) is 7.06. The largest absolute Gasteiger partial charge is 0.494 e. The number of para-hydroxylation sites is 1. The zero-order valence-electron chi connectivity index (χ0n) is 23.4. The summed E-state index contributed by atoms with van der Waals surface area (Å²) in [6.45, 7) is 2.81. The van der Waals surface area contributed by atoms with Crippen molar-refractivity contribution >= 4 is 34.0 Å². The second-order valence-corrected chi connectivity index (χ2v) is 9.81. The number of amides is 1. The van der Waals surface area contributed by atoms with E-state index in [-0.39, 0.29) is 6.04 Å². The average Bonchev–Trinajstić information content (AvgIpc) is 3.38. The van der Waals surface area contributed by atoms with E-state index in [1.54, 1.807) is 25.3 Å². The Morgan fingerprint density at radius 3 is 2.49 bits per heavy atom. The number of benzene rings is 3. The summed E-state index contributed by atoms with van der Waals surface area (Å²) < 4.78 is 32.0. The Kier molecular flexibility index (Phi) is 8.30. The number of likely N-dealkylation sites (N-methyl/N-ethyl adjacent to an activating group) is 1. The molecule has 1 aromatic heterocycles. The molecule has 1 amide bonds. The quantitative estimate of drug-likeness (QED) is 0.229. The number of nitrogens with one attached hydrogen (secondary N) is 2. The highest BCUT2D eigenvalue weighted by atomic mass is 19.1. The molecule has 1 saturated heterocycles. The zero-order valence-corrected chi connectivity index (χ0v) is 23.4. The van der Waals surface area contributed by atoms with Crippen molar-refractivity contribution in [2.24, 2.45) is 0 Å². The third-order valence-corrected chi connectivity index (χ3v) is 7.06. The molecule has 2 heterocycles. The average molecular weight is 558 g/mol. The highest BCUT2D eigenvalue weighted by Gasteiger charge is 2.22. The van der Waals surface area contributed by atoms with Crippen LogP contribution in [0.15, 0.2) is 72.8 Å². The van der Waals surface area contributed by atoms with E-state index < -0.39 is 11.7 Å². The molecule has 4 aromatic rings. The van der Waals surface area contributed by atoms with Crippen LogP contribution < -0.4 is 24.8 Å². The summed E-state index contributed by atoms with van der Waals surface area (Å²) in [5.74, 6) is 1.03. The van der Waals surface area contributed by atoms with Crippen molar-refractivity contribution in [2.45, 2.75) is 25.8 Å². The van der Waals surface area contributed by atoms with Crippen molar-refractivity contribution in [3.63, 3.8) is 0 Å². The first-order chi connectivity index (χ1) is 19.9.